The van der Waals surface area contributed by atoms with Crippen molar-refractivity contribution in [3.05, 3.63) is 116 Å². The Labute approximate surface area is 174 Å². The molecule has 0 amide bonds. The molecule has 27 heavy (non-hydrogen) atoms. The third-order valence-electron chi connectivity index (χ3n) is 5.17. The van der Waals surface area contributed by atoms with E-state index in [0.29, 0.717) is 0 Å². The van der Waals surface area contributed by atoms with Gasteiger partial charge in [0.05, 0.1) is 16.8 Å². The van der Waals surface area contributed by atoms with Crippen molar-refractivity contribution in [2.45, 2.75) is 5.41 Å². The van der Waals surface area contributed by atoms with Gasteiger partial charge in [0.1, 0.15) is 9.21 Å². The monoisotopic (exact) mass is 476 g/mol. The number of rotatable bonds is 2. The van der Waals surface area contributed by atoms with Crippen molar-refractivity contribution in [1.29, 1.82) is 0 Å². The fourth-order valence-corrected chi connectivity index (χ4v) is 4.77. The number of hydrogen-bond acceptors (Lipinski definition) is 2. The number of nitrogens with zero attached hydrogens (tertiary/aromatic N) is 2. The minimum atomic E-state index is -0.436. The fourth-order valence-electron chi connectivity index (χ4n) is 4.15. The summed E-state index contributed by atoms with van der Waals surface area (Å²) in [6.07, 6.45) is 0. The zero-order valence-electron chi connectivity index (χ0n) is 14.2. The Balaban J connectivity index is 1.98. The Hall–Kier alpha value is -2.30. The third-order valence-corrected chi connectivity index (χ3v) is 6.05. The van der Waals surface area contributed by atoms with E-state index in [1.165, 1.54) is 11.1 Å². The van der Waals surface area contributed by atoms with Crippen molar-refractivity contribution >= 4 is 31.9 Å². The summed E-state index contributed by atoms with van der Waals surface area (Å²) in [4.78, 5) is 9.63. The molecular formula is C23H14Br2N2. The van der Waals surface area contributed by atoms with E-state index in [2.05, 4.69) is 105 Å². The normalized spacial score (nSPS) is 13.9. The van der Waals surface area contributed by atoms with Crippen molar-refractivity contribution < 1.29 is 0 Å². The molecule has 0 aliphatic heterocycles. The van der Waals surface area contributed by atoms with Gasteiger partial charge in [-0.25, -0.2) is 9.97 Å². The van der Waals surface area contributed by atoms with E-state index in [4.69, 9.17) is 9.97 Å². The van der Waals surface area contributed by atoms with Crippen molar-refractivity contribution in [3.63, 3.8) is 0 Å². The molecule has 1 aliphatic carbocycles. The van der Waals surface area contributed by atoms with Gasteiger partial charge in [0, 0.05) is 0 Å². The van der Waals surface area contributed by atoms with Gasteiger partial charge < -0.3 is 0 Å². The van der Waals surface area contributed by atoms with Crippen LogP contribution in [0.3, 0.4) is 0 Å². The molecule has 0 saturated heterocycles. The molecule has 0 N–H and O–H groups in total. The second kappa shape index (κ2) is 6.39. The maximum Gasteiger partial charge on any atom is 0.106 e. The van der Waals surface area contributed by atoms with Crippen LogP contribution in [0.15, 0.2) is 94.1 Å². The minimum Gasteiger partial charge on any atom is -0.239 e. The zero-order chi connectivity index (χ0) is 18.4. The van der Waals surface area contributed by atoms with E-state index in [9.17, 15) is 0 Å². The summed E-state index contributed by atoms with van der Waals surface area (Å²) in [6, 6.07) is 29.6. The van der Waals surface area contributed by atoms with Crippen LogP contribution < -0.4 is 0 Å². The van der Waals surface area contributed by atoms with Gasteiger partial charge in [-0.1, -0.05) is 72.8 Å². The molecule has 2 heterocycles. The molecule has 0 atom stereocenters. The van der Waals surface area contributed by atoms with E-state index in [0.717, 1.165) is 31.7 Å². The molecule has 0 spiro atoms. The lowest BCUT2D eigenvalue weighted by atomic mass is 9.68. The number of halogens is 2. The van der Waals surface area contributed by atoms with E-state index in [1.54, 1.807) is 0 Å². The summed E-state index contributed by atoms with van der Waals surface area (Å²) < 4.78 is 1.62. The average molecular weight is 478 g/mol. The maximum atomic E-state index is 4.82. The number of hydrogen-bond donors (Lipinski definition) is 0. The maximum absolute atomic E-state index is 4.82. The Morgan fingerprint density at radius 3 is 1.33 bits per heavy atom. The SMILES string of the molecule is Brc1ccc2c(n1)-c1nc(Br)ccc1C2(c1ccccc1)c1ccccc1. The molecule has 2 nitrogen and oxygen atoms in total. The summed E-state index contributed by atoms with van der Waals surface area (Å²) in [5.74, 6) is 0. The Bertz CT molecular complexity index is 1050. The van der Waals surface area contributed by atoms with Crippen LogP contribution in [0.5, 0.6) is 0 Å². The molecule has 0 unspecified atom stereocenters. The fraction of sp³-hybridized carbons (Fsp3) is 0.0435. The first-order chi connectivity index (χ1) is 13.2. The third kappa shape index (κ3) is 2.43. The molecule has 2 aromatic heterocycles. The lowest BCUT2D eigenvalue weighted by Crippen LogP contribution is -2.28. The van der Waals surface area contributed by atoms with Gasteiger partial charge in [-0.15, -0.1) is 0 Å². The molecule has 0 radical (unpaired) electrons. The van der Waals surface area contributed by atoms with E-state index in [1.807, 2.05) is 12.1 Å². The van der Waals surface area contributed by atoms with Crippen LogP contribution in [0.25, 0.3) is 11.4 Å². The summed E-state index contributed by atoms with van der Waals surface area (Å²) in [6.45, 7) is 0. The van der Waals surface area contributed by atoms with Crippen LogP contribution in [-0.4, -0.2) is 9.97 Å². The molecule has 1 aliphatic rings. The second-order valence-electron chi connectivity index (χ2n) is 6.54. The number of benzene rings is 2. The predicted molar refractivity (Wildman–Crippen MR) is 115 cm³/mol. The smallest absolute Gasteiger partial charge is 0.106 e. The molecule has 0 bridgehead atoms. The highest BCUT2D eigenvalue weighted by Crippen LogP contribution is 2.55. The summed E-state index contributed by atoms with van der Waals surface area (Å²) in [7, 11) is 0. The Morgan fingerprint density at radius 2 is 0.926 bits per heavy atom. The average Bonchev–Trinajstić information content (AvgIpc) is 2.99. The second-order valence-corrected chi connectivity index (χ2v) is 8.17. The highest BCUT2D eigenvalue weighted by Gasteiger charge is 2.47. The molecule has 0 saturated carbocycles. The minimum absolute atomic E-state index is 0.436. The van der Waals surface area contributed by atoms with Crippen molar-refractivity contribution in [1.82, 2.24) is 9.97 Å². The quantitative estimate of drug-likeness (QED) is 0.276. The summed E-state index contributed by atoms with van der Waals surface area (Å²) in [5.41, 5.74) is 6.15. The molecule has 0 fully saturated rings. The first-order valence-corrected chi connectivity index (χ1v) is 10.3. The van der Waals surface area contributed by atoms with Gasteiger partial charge >= 0.3 is 0 Å². The first kappa shape index (κ1) is 16.8. The Morgan fingerprint density at radius 1 is 0.519 bits per heavy atom. The van der Waals surface area contributed by atoms with Crippen LogP contribution in [0.4, 0.5) is 0 Å². The molecule has 4 aromatic rings. The number of fused-ring (bicyclic) bond motifs is 3. The van der Waals surface area contributed by atoms with Gasteiger partial charge in [-0.05, 0) is 66.2 Å². The van der Waals surface area contributed by atoms with Crippen LogP contribution >= 0.6 is 31.9 Å². The predicted octanol–water partition coefficient (Wildman–Crippen LogP) is 6.36. The topological polar surface area (TPSA) is 25.8 Å². The van der Waals surface area contributed by atoms with Crippen molar-refractivity contribution in [3.8, 4) is 11.4 Å². The lowest BCUT2D eigenvalue weighted by molar-refractivity contribution is 0.764. The first-order valence-electron chi connectivity index (χ1n) is 8.67. The molecule has 2 aromatic carbocycles. The van der Waals surface area contributed by atoms with Gasteiger partial charge in [0.15, 0.2) is 0 Å². The summed E-state index contributed by atoms with van der Waals surface area (Å²) >= 11 is 7.07. The van der Waals surface area contributed by atoms with Gasteiger partial charge in [0.25, 0.3) is 0 Å². The van der Waals surface area contributed by atoms with Gasteiger partial charge in [0.2, 0.25) is 0 Å². The largest absolute Gasteiger partial charge is 0.239 e. The van der Waals surface area contributed by atoms with Crippen LogP contribution in [0.1, 0.15) is 22.3 Å². The van der Waals surface area contributed by atoms with E-state index >= 15 is 0 Å². The molecule has 4 heteroatoms. The zero-order valence-corrected chi connectivity index (χ0v) is 17.4. The number of aromatic nitrogens is 2. The molecule has 130 valence electrons. The van der Waals surface area contributed by atoms with E-state index in [-0.39, 0.29) is 0 Å². The van der Waals surface area contributed by atoms with Crippen LogP contribution in [0.2, 0.25) is 0 Å². The van der Waals surface area contributed by atoms with Crippen LogP contribution in [0, 0.1) is 0 Å². The molecular weight excluding hydrogens is 464 g/mol. The van der Waals surface area contributed by atoms with Gasteiger partial charge in [-0.3, -0.25) is 0 Å². The highest BCUT2D eigenvalue weighted by atomic mass is 79.9. The van der Waals surface area contributed by atoms with E-state index < -0.39 is 5.41 Å². The summed E-state index contributed by atoms with van der Waals surface area (Å²) in [5, 5.41) is 0. The van der Waals surface area contributed by atoms with Crippen molar-refractivity contribution in [2.24, 2.45) is 0 Å². The standard InChI is InChI=1S/C23H14Br2N2/c24-19-13-11-17-21(26-19)22-18(12-14-20(25)27-22)23(17,15-7-3-1-4-8-15)16-9-5-2-6-10-16/h1-14H. The lowest BCUT2D eigenvalue weighted by Gasteiger charge is -2.33. The van der Waals surface area contributed by atoms with Crippen molar-refractivity contribution in [2.75, 3.05) is 0 Å². The van der Waals surface area contributed by atoms with Gasteiger partial charge in [-0.2, -0.15) is 0 Å². The molecule has 5 rings (SSSR count). The van der Waals surface area contributed by atoms with Crippen LogP contribution in [-0.2, 0) is 5.41 Å². The highest BCUT2D eigenvalue weighted by molar-refractivity contribution is 9.10. The Kier molecular flexibility index (Phi) is 3.99. The number of pyridine rings is 2.